The molecule has 96 valence electrons. The third kappa shape index (κ3) is 1.96. The van der Waals surface area contributed by atoms with Crippen molar-refractivity contribution in [2.45, 2.75) is 19.8 Å². The predicted octanol–water partition coefficient (Wildman–Crippen LogP) is 1.15. The van der Waals surface area contributed by atoms with Crippen LogP contribution in [0.3, 0.4) is 0 Å². The molecule has 1 atom stereocenters. The van der Waals surface area contributed by atoms with Crippen LogP contribution in [0.5, 0.6) is 5.88 Å². The average molecular weight is 249 g/mol. The lowest BCUT2D eigenvalue weighted by Gasteiger charge is -2.21. The lowest BCUT2D eigenvalue weighted by molar-refractivity contribution is -0.150. The smallest absolute Gasteiger partial charge is 0.320 e. The number of hydrogen-bond acceptors (Lipinski definition) is 5. The number of ketones is 1. The van der Waals surface area contributed by atoms with E-state index < -0.39 is 11.4 Å². The number of nitrogens with zero attached hydrogens (tertiary/aromatic N) is 1. The van der Waals surface area contributed by atoms with Gasteiger partial charge in [-0.25, -0.2) is 4.98 Å². The van der Waals surface area contributed by atoms with E-state index in [-0.39, 0.29) is 12.2 Å². The Labute approximate surface area is 105 Å². The van der Waals surface area contributed by atoms with Gasteiger partial charge in [0, 0.05) is 24.6 Å². The second kappa shape index (κ2) is 4.76. The fourth-order valence-electron chi connectivity index (χ4n) is 2.23. The molecule has 0 aliphatic carbocycles. The molecule has 2 rings (SSSR count). The predicted molar refractivity (Wildman–Crippen MR) is 63.2 cm³/mol. The standard InChI is InChI=1S/C13H15NO4/c1-9(15)13(5-7-18-12(13)16)8-10-4-3-6-14-11(10)17-2/h3-4,6H,5,7-8H2,1-2H3. The van der Waals surface area contributed by atoms with Crippen LogP contribution in [0.15, 0.2) is 18.3 Å². The van der Waals surface area contributed by atoms with E-state index in [1.807, 2.05) is 6.07 Å². The number of esters is 1. The van der Waals surface area contributed by atoms with Crippen LogP contribution >= 0.6 is 0 Å². The summed E-state index contributed by atoms with van der Waals surface area (Å²) in [6, 6.07) is 3.56. The zero-order valence-corrected chi connectivity index (χ0v) is 10.4. The van der Waals surface area contributed by atoms with Crippen molar-refractivity contribution in [1.29, 1.82) is 0 Å². The number of Topliss-reactive ketones (excluding diaryl/α,β-unsaturated/α-hetero) is 1. The number of methoxy groups -OCH3 is 1. The van der Waals surface area contributed by atoms with Crippen LogP contribution in [0.1, 0.15) is 18.9 Å². The third-order valence-electron chi connectivity index (χ3n) is 3.36. The van der Waals surface area contributed by atoms with Gasteiger partial charge in [-0.15, -0.1) is 0 Å². The van der Waals surface area contributed by atoms with Crippen molar-refractivity contribution < 1.29 is 19.1 Å². The van der Waals surface area contributed by atoms with Gasteiger partial charge in [0.2, 0.25) is 5.88 Å². The van der Waals surface area contributed by atoms with Crippen molar-refractivity contribution in [2.75, 3.05) is 13.7 Å². The molecule has 18 heavy (non-hydrogen) atoms. The largest absolute Gasteiger partial charge is 0.481 e. The van der Waals surface area contributed by atoms with Crippen molar-refractivity contribution in [3.05, 3.63) is 23.9 Å². The molecule has 0 radical (unpaired) electrons. The van der Waals surface area contributed by atoms with Crippen LogP contribution in [0, 0.1) is 5.41 Å². The molecule has 1 unspecified atom stereocenters. The van der Waals surface area contributed by atoms with Crippen molar-refractivity contribution in [1.82, 2.24) is 4.98 Å². The Balaban J connectivity index is 2.36. The van der Waals surface area contributed by atoms with Gasteiger partial charge in [0.15, 0.2) is 0 Å². The summed E-state index contributed by atoms with van der Waals surface area (Å²) in [6.45, 7) is 1.72. The first-order valence-corrected chi connectivity index (χ1v) is 5.76. The van der Waals surface area contributed by atoms with Gasteiger partial charge in [-0.1, -0.05) is 6.07 Å². The molecule has 1 aromatic heterocycles. The van der Waals surface area contributed by atoms with E-state index in [2.05, 4.69) is 4.98 Å². The summed E-state index contributed by atoms with van der Waals surface area (Å²) >= 11 is 0. The Morgan fingerprint density at radius 2 is 2.39 bits per heavy atom. The SMILES string of the molecule is COc1ncccc1CC1(C(C)=O)CCOC1=O. The normalized spacial score (nSPS) is 22.7. The number of pyridine rings is 1. The topological polar surface area (TPSA) is 65.5 Å². The second-order valence-corrected chi connectivity index (χ2v) is 4.37. The van der Waals surface area contributed by atoms with Gasteiger partial charge in [0.1, 0.15) is 11.2 Å². The summed E-state index contributed by atoms with van der Waals surface area (Å²) in [5.41, 5.74) is -0.329. The van der Waals surface area contributed by atoms with Gasteiger partial charge in [-0.05, 0) is 13.0 Å². The molecule has 5 heteroatoms. The molecule has 0 spiro atoms. The molecule has 1 aliphatic rings. The van der Waals surface area contributed by atoms with Crippen LogP contribution in [-0.2, 0) is 20.7 Å². The quantitative estimate of drug-likeness (QED) is 0.591. The van der Waals surface area contributed by atoms with Gasteiger partial charge < -0.3 is 9.47 Å². The Kier molecular flexibility index (Phi) is 3.32. The van der Waals surface area contributed by atoms with Gasteiger partial charge >= 0.3 is 5.97 Å². The van der Waals surface area contributed by atoms with Crippen LogP contribution in [0.25, 0.3) is 0 Å². The van der Waals surface area contributed by atoms with Gasteiger partial charge in [-0.3, -0.25) is 9.59 Å². The Morgan fingerprint density at radius 1 is 1.61 bits per heavy atom. The van der Waals surface area contributed by atoms with E-state index in [4.69, 9.17) is 9.47 Å². The van der Waals surface area contributed by atoms with Crippen LogP contribution in [0.4, 0.5) is 0 Å². The monoisotopic (exact) mass is 249 g/mol. The minimum absolute atomic E-state index is 0.170. The minimum Gasteiger partial charge on any atom is -0.481 e. The van der Waals surface area contributed by atoms with E-state index in [1.54, 1.807) is 12.3 Å². The van der Waals surface area contributed by atoms with E-state index in [0.717, 1.165) is 5.56 Å². The summed E-state index contributed by atoms with van der Waals surface area (Å²) in [5, 5.41) is 0. The lowest BCUT2D eigenvalue weighted by atomic mass is 9.77. The molecular weight excluding hydrogens is 234 g/mol. The molecule has 0 N–H and O–H groups in total. The second-order valence-electron chi connectivity index (χ2n) is 4.37. The van der Waals surface area contributed by atoms with Crippen LogP contribution in [-0.4, -0.2) is 30.5 Å². The summed E-state index contributed by atoms with van der Waals surface area (Å²) in [5.74, 6) is -0.172. The van der Waals surface area contributed by atoms with Gasteiger partial charge in [-0.2, -0.15) is 0 Å². The molecule has 0 saturated carbocycles. The maximum absolute atomic E-state index is 11.8. The van der Waals surface area contributed by atoms with Crippen LogP contribution in [0.2, 0.25) is 0 Å². The first-order valence-electron chi connectivity index (χ1n) is 5.76. The molecule has 0 amide bonds. The van der Waals surface area contributed by atoms with E-state index in [9.17, 15) is 9.59 Å². The average Bonchev–Trinajstić information content (AvgIpc) is 2.73. The Morgan fingerprint density at radius 3 is 2.94 bits per heavy atom. The highest BCUT2D eigenvalue weighted by molar-refractivity contribution is 6.04. The number of aromatic nitrogens is 1. The van der Waals surface area contributed by atoms with E-state index in [1.165, 1.54) is 14.0 Å². The van der Waals surface area contributed by atoms with Crippen molar-refractivity contribution in [3.63, 3.8) is 0 Å². The fraction of sp³-hybridized carbons (Fsp3) is 0.462. The van der Waals surface area contributed by atoms with Crippen molar-refractivity contribution >= 4 is 11.8 Å². The molecule has 2 heterocycles. The highest BCUT2D eigenvalue weighted by Gasteiger charge is 2.49. The zero-order valence-electron chi connectivity index (χ0n) is 10.4. The van der Waals surface area contributed by atoms with E-state index in [0.29, 0.717) is 18.9 Å². The first-order chi connectivity index (χ1) is 8.60. The number of cyclic esters (lactones) is 1. The number of carbonyl (C=O) groups excluding carboxylic acids is 2. The molecule has 5 nitrogen and oxygen atoms in total. The molecular formula is C13H15NO4. The maximum Gasteiger partial charge on any atom is 0.320 e. The molecule has 1 aliphatic heterocycles. The van der Waals surface area contributed by atoms with Crippen molar-refractivity contribution in [2.24, 2.45) is 5.41 Å². The molecule has 1 aromatic rings. The molecule has 1 saturated heterocycles. The van der Waals surface area contributed by atoms with E-state index >= 15 is 0 Å². The summed E-state index contributed by atoms with van der Waals surface area (Å²) in [4.78, 5) is 27.7. The molecule has 0 bridgehead atoms. The molecule has 1 fully saturated rings. The number of hydrogen-bond donors (Lipinski definition) is 0. The Hall–Kier alpha value is -1.91. The number of rotatable bonds is 4. The Bertz CT molecular complexity index is 486. The number of ether oxygens (including phenoxy) is 2. The summed E-state index contributed by atoms with van der Waals surface area (Å²) < 4.78 is 10.1. The summed E-state index contributed by atoms with van der Waals surface area (Å²) in [7, 11) is 1.51. The van der Waals surface area contributed by atoms with Crippen LogP contribution < -0.4 is 4.74 Å². The molecule has 0 aromatic carbocycles. The van der Waals surface area contributed by atoms with Crippen molar-refractivity contribution in [3.8, 4) is 5.88 Å². The third-order valence-corrected chi connectivity index (χ3v) is 3.36. The lowest BCUT2D eigenvalue weighted by Crippen LogP contribution is -2.36. The highest BCUT2D eigenvalue weighted by atomic mass is 16.5. The van der Waals surface area contributed by atoms with Gasteiger partial charge in [0.05, 0.1) is 13.7 Å². The highest BCUT2D eigenvalue weighted by Crippen LogP contribution is 2.36. The minimum atomic E-state index is -1.07. The summed E-state index contributed by atoms with van der Waals surface area (Å²) in [6.07, 6.45) is 2.30. The zero-order chi connectivity index (χ0) is 13.2. The fourth-order valence-corrected chi connectivity index (χ4v) is 2.23. The van der Waals surface area contributed by atoms with Gasteiger partial charge in [0.25, 0.3) is 0 Å². The first kappa shape index (κ1) is 12.5. The maximum atomic E-state index is 11.8. The number of carbonyl (C=O) groups is 2.